The van der Waals surface area contributed by atoms with Gasteiger partial charge in [0.05, 0.1) is 13.2 Å². The third-order valence-electron chi connectivity index (χ3n) is 2.57. The number of aliphatic hydroxyl groups excluding tert-OH is 1. The normalized spacial score (nSPS) is 18.2. The van der Waals surface area contributed by atoms with Crippen LogP contribution in [0.5, 0.6) is 0 Å². The number of hydrogen-bond acceptors (Lipinski definition) is 2. The van der Waals surface area contributed by atoms with E-state index in [1.54, 1.807) is 0 Å². The summed E-state index contributed by atoms with van der Waals surface area (Å²) >= 11 is 0. The van der Waals surface area contributed by atoms with E-state index in [0.717, 1.165) is 19.5 Å². The predicted octanol–water partition coefficient (Wildman–Crippen LogP) is 0.654. The highest BCUT2D eigenvalue weighted by molar-refractivity contribution is 4.79. The molecule has 1 fully saturated rings. The summed E-state index contributed by atoms with van der Waals surface area (Å²) in [6.07, 6.45) is 4.53. The lowest BCUT2D eigenvalue weighted by molar-refractivity contribution is 0.0863. The van der Waals surface area contributed by atoms with Crippen LogP contribution in [-0.4, -0.2) is 42.4 Å². The van der Waals surface area contributed by atoms with E-state index in [4.69, 9.17) is 5.11 Å². The maximum atomic E-state index is 10.3. The van der Waals surface area contributed by atoms with Crippen LogP contribution >= 0.6 is 0 Å². The number of rotatable bonds is 6. The van der Waals surface area contributed by atoms with Gasteiger partial charge in [0.25, 0.3) is 0 Å². The van der Waals surface area contributed by atoms with E-state index in [9.17, 15) is 5.11 Å². The van der Waals surface area contributed by atoms with Gasteiger partial charge >= 0.3 is 0 Å². The van der Waals surface area contributed by atoms with Gasteiger partial charge in [-0.25, -0.2) is 5.11 Å². The van der Waals surface area contributed by atoms with E-state index in [2.05, 4.69) is 4.90 Å². The summed E-state index contributed by atoms with van der Waals surface area (Å²) in [5.74, 6) is 0. The fraction of sp³-hybridized carbons (Fsp3) is 1.00. The van der Waals surface area contributed by atoms with Crippen LogP contribution in [0.2, 0.25) is 0 Å². The van der Waals surface area contributed by atoms with E-state index in [1.165, 1.54) is 19.3 Å². The minimum Gasteiger partial charge on any atom is -0.395 e. The lowest BCUT2D eigenvalue weighted by atomic mass is 9.91. The first-order valence-electron chi connectivity index (χ1n) is 4.81. The molecular formula is C9H18NO2. The molecule has 0 amide bonds. The van der Waals surface area contributed by atoms with Gasteiger partial charge in [-0.3, -0.25) is 4.90 Å². The topological polar surface area (TPSA) is 43.4 Å². The molecule has 0 unspecified atom stereocenters. The molecule has 0 bridgehead atoms. The summed E-state index contributed by atoms with van der Waals surface area (Å²) in [4.78, 5) is 2.25. The molecule has 0 aromatic heterocycles. The highest BCUT2D eigenvalue weighted by Gasteiger charge is 2.23. The van der Waals surface area contributed by atoms with Crippen LogP contribution in [0.3, 0.4) is 0 Å². The summed E-state index contributed by atoms with van der Waals surface area (Å²) in [6, 6.07) is 0.656. The summed E-state index contributed by atoms with van der Waals surface area (Å²) < 4.78 is 0. The average molecular weight is 172 g/mol. The Morgan fingerprint density at radius 2 is 2.08 bits per heavy atom. The van der Waals surface area contributed by atoms with Crippen molar-refractivity contribution < 1.29 is 10.2 Å². The molecule has 3 nitrogen and oxygen atoms in total. The maximum Gasteiger partial charge on any atom is 0.0834 e. The number of nitrogens with zero attached hydrogens (tertiary/aromatic N) is 1. The van der Waals surface area contributed by atoms with Crippen LogP contribution in [0.1, 0.15) is 25.7 Å². The van der Waals surface area contributed by atoms with Gasteiger partial charge in [-0.1, -0.05) is 6.42 Å². The molecule has 12 heavy (non-hydrogen) atoms. The van der Waals surface area contributed by atoms with Gasteiger partial charge in [0, 0.05) is 19.1 Å². The number of hydrogen-bond donors (Lipinski definition) is 1. The monoisotopic (exact) mass is 172 g/mol. The smallest absolute Gasteiger partial charge is 0.0834 e. The first-order valence-corrected chi connectivity index (χ1v) is 4.81. The summed E-state index contributed by atoms with van der Waals surface area (Å²) in [7, 11) is 0. The molecule has 1 aliphatic rings. The first-order chi connectivity index (χ1) is 5.88. The molecule has 1 radical (unpaired) electrons. The minimum atomic E-state index is 0.00858. The Hall–Kier alpha value is -0.120. The second-order valence-corrected chi connectivity index (χ2v) is 3.40. The molecule has 1 rings (SSSR count). The van der Waals surface area contributed by atoms with Crippen molar-refractivity contribution in [2.75, 3.05) is 26.3 Å². The van der Waals surface area contributed by atoms with Crippen molar-refractivity contribution in [2.45, 2.75) is 31.7 Å². The second kappa shape index (κ2) is 5.51. The zero-order chi connectivity index (χ0) is 8.81. The first kappa shape index (κ1) is 9.96. The molecule has 71 valence electrons. The Morgan fingerprint density at radius 1 is 1.33 bits per heavy atom. The molecule has 3 heteroatoms. The van der Waals surface area contributed by atoms with E-state index in [-0.39, 0.29) is 13.2 Å². The van der Waals surface area contributed by atoms with Gasteiger partial charge in [-0.2, -0.15) is 0 Å². The average Bonchev–Trinajstić information content (AvgIpc) is 1.97. The van der Waals surface area contributed by atoms with Crippen LogP contribution in [0.15, 0.2) is 0 Å². The standard InChI is InChI=1S/C9H18NO2/c11-7-2-5-10(6-8-12)9-3-1-4-9/h9,12H,1-8H2. The van der Waals surface area contributed by atoms with Crippen LogP contribution in [0.25, 0.3) is 0 Å². The van der Waals surface area contributed by atoms with Crippen LogP contribution in [0.4, 0.5) is 0 Å². The second-order valence-electron chi connectivity index (χ2n) is 3.40. The summed E-state index contributed by atoms with van der Waals surface area (Å²) in [5, 5.41) is 19.1. The SMILES string of the molecule is [O]CCCN(CCO)C1CCC1. The van der Waals surface area contributed by atoms with Crippen LogP contribution < -0.4 is 0 Å². The van der Waals surface area contributed by atoms with Crippen LogP contribution in [0, 0.1) is 0 Å². The lowest BCUT2D eigenvalue weighted by Crippen LogP contribution is -2.42. The van der Waals surface area contributed by atoms with Crippen molar-refractivity contribution in [1.82, 2.24) is 4.90 Å². The quantitative estimate of drug-likeness (QED) is 0.639. The largest absolute Gasteiger partial charge is 0.395 e. The highest BCUT2D eigenvalue weighted by Crippen LogP contribution is 2.24. The zero-order valence-corrected chi connectivity index (χ0v) is 7.54. The molecule has 1 aliphatic carbocycles. The van der Waals surface area contributed by atoms with Crippen molar-refractivity contribution in [3.8, 4) is 0 Å². The molecule has 0 aliphatic heterocycles. The van der Waals surface area contributed by atoms with Gasteiger partial charge in [0.2, 0.25) is 0 Å². The molecule has 0 aromatic carbocycles. The Bertz CT molecular complexity index is 115. The Balaban J connectivity index is 2.17. The Labute approximate surface area is 74.0 Å². The highest BCUT2D eigenvalue weighted by atomic mass is 16.3. The third-order valence-corrected chi connectivity index (χ3v) is 2.57. The lowest BCUT2D eigenvalue weighted by Gasteiger charge is -2.37. The van der Waals surface area contributed by atoms with Crippen molar-refractivity contribution in [2.24, 2.45) is 0 Å². The fourth-order valence-corrected chi connectivity index (χ4v) is 1.62. The van der Waals surface area contributed by atoms with Crippen molar-refractivity contribution in [3.05, 3.63) is 0 Å². The third kappa shape index (κ3) is 2.73. The van der Waals surface area contributed by atoms with E-state index >= 15 is 0 Å². The molecule has 0 heterocycles. The molecule has 1 saturated carbocycles. The van der Waals surface area contributed by atoms with Gasteiger partial charge < -0.3 is 5.11 Å². The van der Waals surface area contributed by atoms with Gasteiger partial charge in [-0.05, 0) is 19.3 Å². The Morgan fingerprint density at radius 3 is 2.50 bits per heavy atom. The Kier molecular flexibility index (Phi) is 4.58. The van der Waals surface area contributed by atoms with E-state index in [1.807, 2.05) is 0 Å². The van der Waals surface area contributed by atoms with Crippen LogP contribution in [-0.2, 0) is 5.11 Å². The van der Waals surface area contributed by atoms with Gasteiger partial charge in [0.1, 0.15) is 0 Å². The van der Waals surface area contributed by atoms with Crippen molar-refractivity contribution >= 4 is 0 Å². The molecule has 0 aromatic rings. The fourth-order valence-electron chi connectivity index (χ4n) is 1.62. The van der Waals surface area contributed by atoms with Gasteiger partial charge in [0.15, 0.2) is 0 Å². The van der Waals surface area contributed by atoms with Crippen molar-refractivity contribution in [3.63, 3.8) is 0 Å². The molecule has 0 saturated heterocycles. The van der Waals surface area contributed by atoms with E-state index in [0.29, 0.717) is 6.04 Å². The summed E-state index contributed by atoms with van der Waals surface area (Å²) in [6.45, 7) is 1.84. The predicted molar refractivity (Wildman–Crippen MR) is 46.5 cm³/mol. The molecular weight excluding hydrogens is 154 g/mol. The molecule has 1 N–H and O–H groups in total. The molecule has 0 spiro atoms. The van der Waals surface area contributed by atoms with E-state index < -0.39 is 0 Å². The summed E-state index contributed by atoms with van der Waals surface area (Å²) in [5.41, 5.74) is 0. The minimum absolute atomic E-state index is 0.00858. The number of aliphatic hydroxyl groups is 1. The molecule has 0 atom stereocenters. The van der Waals surface area contributed by atoms with Crippen molar-refractivity contribution in [1.29, 1.82) is 0 Å². The maximum absolute atomic E-state index is 10.3. The van der Waals surface area contributed by atoms with Gasteiger partial charge in [-0.15, -0.1) is 0 Å². The zero-order valence-electron chi connectivity index (χ0n) is 7.54.